The van der Waals surface area contributed by atoms with Crippen molar-refractivity contribution in [2.45, 2.75) is 74.0 Å². The highest BCUT2D eigenvalue weighted by molar-refractivity contribution is 5.53. The highest BCUT2D eigenvalue weighted by Gasteiger charge is 2.80. The first-order valence-electron chi connectivity index (χ1n) is 13.7. The van der Waals surface area contributed by atoms with E-state index in [-0.39, 0.29) is 17.1 Å². The van der Waals surface area contributed by atoms with E-state index >= 15 is 0 Å². The summed E-state index contributed by atoms with van der Waals surface area (Å²) in [5.74, 6) is 2.03. The van der Waals surface area contributed by atoms with E-state index in [1.54, 1.807) is 7.11 Å². The highest BCUT2D eigenvalue weighted by Crippen LogP contribution is 2.69. The van der Waals surface area contributed by atoms with Crippen LogP contribution in [0.5, 0.6) is 5.75 Å². The number of aliphatic hydroxyl groups excluding tert-OH is 1. The Kier molecular flexibility index (Phi) is 4.43. The van der Waals surface area contributed by atoms with Crippen molar-refractivity contribution in [1.29, 1.82) is 0 Å². The summed E-state index contributed by atoms with van der Waals surface area (Å²) in [6.07, 6.45) is 5.67. The zero-order chi connectivity index (χ0) is 23.4. The SMILES string of the molecule is COc1ccc2c(c1)C13C(O)CN(CC4CC4)C(C2)C12CCC1C3[C@@H](CN1Cc1ccccc1)O2. The second kappa shape index (κ2) is 7.32. The quantitative estimate of drug-likeness (QED) is 0.723. The van der Waals surface area contributed by atoms with Gasteiger partial charge >= 0.3 is 0 Å². The molecule has 2 aromatic rings. The Morgan fingerprint density at radius 3 is 2.71 bits per heavy atom. The number of ether oxygens (including phenoxy) is 2. The van der Waals surface area contributed by atoms with Crippen molar-refractivity contribution in [1.82, 2.24) is 9.80 Å². The lowest BCUT2D eigenvalue weighted by molar-refractivity contribution is -0.208. The van der Waals surface area contributed by atoms with Gasteiger partial charge in [-0.2, -0.15) is 0 Å². The van der Waals surface area contributed by atoms with Crippen LogP contribution in [-0.4, -0.2) is 71.5 Å². The Morgan fingerprint density at radius 2 is 1.91 bits per heavy atom. The first-order chi connectivity index (χ1) is 17.1. The van der Waals surface area contributed by atoms with Gasteiger partial charge in [-0.1, -0.05) is 36.4 Å². The van der Waals surface area contributed by atoms with Crippen molar-refractivity contribution in [2.75, 3.05) is 26.7 Å². The molecular weight excluding hydrogens is 436 g/mol. The van der Waals surface area contributed by atoms with Gasteiger partial charge in [-0.3, -0.25) is 9.80 Å². The van der Waals surface area contributed by atoms with Crippen LogP contribution in [0, 0.1) is 11.8 Å². The molecule has 0 spiro atoms. The molecule has 3 aliphatic heterocycles. The summed E-state index contributed by atoms with van der Waals surface area (Å²) in [5, 5.41) is 12.3. The maximum atomic E-state index is 12.3. The van der Waals surface area contributed by atoms with Crippen LogP contribution in [0.1, 0.15) is 42.4 Å². The van der Waals surface area contributed by atoms with E-state index in [0.29, 0.717) is 18.0 Å². The largest absolute Gasteiger partial charge is 0.497 e. The zero-order valence-corrected chi connectivity index (χ0v) is 20.6. The van der Waals surface area contributed by atoms with E-state index in [1.165, 1.54) is 29.5 Å². The van der Waals surface area contributed by atoms with Crippen molar-refractivity contribution in [3.8, 4) is 5.75 Å². The first-order valence-corrected chi connectivity index (χ1v) is 13.7. The van der Waals surface area contributed by atoms with E-state index in [4.69, 9.17) is 9.47 Å². The van der Waals surface area contributed by atoms with Crippen LogP contribution in [0.2, 0.25) is 0 Å². The van der Waals surface area contributed by atoms with E-state index in [2.05, 4.69) is 58.3 Å². The Balaban J connectivity index is 1.27. The fourth-order valence-electron chi connectivity index (χ4n) is 9.28. The summed E-state index contributed by atoms with van der Waals surface area (Å²) in [6.45, 7) is 3.82. The third-order valence-corrected chi connectivity index (χ3v) is 10.6. The number of β-amino-alcohol motifs (C(OH)–C–C–N with tert-alkyl or cyclic N) is 1. The molecule has 6 unspecified atom stereocenters. The van der Waals surface area contributed by atoms with Crippen LogP contribution in [0.4, 0.5) is 0 Å². The van der Waals surface area contributed by atoms with E-state index in [1.807, 2.05) is 0 Å². The van der Waals surface area contributed by atoms with Crippen molar-refractivity contribution < 1.29 is 14.6 Å². The summed E-state index contributed by atoms with van der Waals surface area (Å²) >= 11 is 0. The predicted octanol–water partition coefficient (Wildman–Crippen LogP) is 3.38. The molecule has 7 atom stereocenters. The summed E-state index contributed by atoms with van der Waals surface area (Å²) < 4.78 is 13.1. The molecule has 35 heavy (non-hydrogen) atoms. The van der Waals surface area contributed by atoms with Gasteiger partial charge in [-0.15, -0.1) is 0 Å². The van der Waals surface area contributed by atoms with Gasteiger partial charge in [0.15, 0.2) is 0 Å². The number of piperidine rings is 1. The molecule has 0 radical (unpaired) electrons. The van der Waals surface area contributed by atoms with Crippen LogP contribution in [0.25, 0.3) is 0 Å². The molecule has 3 saturated heterocycles. The molecule has 5 nitrogen and oxygen atoms in total. The topological polar surface area (TPSA) is 45.2 Å². The van der Waals surface area contributed by atoms with E-state index in [0.717, 1.165) is 57.1 Å². The Hall–Kier alpha value is -1.92. The third-order valence-electron chi connectivity index (χ3n) is 10.6. The molecular formula is C30H36N2O3. The maximum absolute atomic E-state index is 12.3. The minimum atomic E-state index is -0.418. The summed E-state index contributed by atoms with van der Waals surface area (Å²) in [6, 6.07) is 18.3. The predicted molar refractivity (Wildman–Crippen MR) is 133 cm³/mol. The fraction of sp³-hybridized carbons (Fsp3) is 0.600. The van der Waals surface area contributed by atoms with Crippen LogP contribution < -0.4 is 4.74 Å². The van der Waals surface area contributed by atoms with Crippen LogP contribution in [0.3, 0.4) is 0 Å². The van der Waals surface area contributed by atoms with Gasteiger partial charge in [0.05, 0.1) is 30.3 Å². The normalized spacial score (nSPS) is 41.5. The van der Waals surface area contributed by atoms with Crippen molar-refractivity contribution >= 4 is 0 Å². The van der Waals surface area contributed by atoms with Crippen LogP contribution >= 0.6 is 0 Å². The number of fused-ring (bicyclic) bond motifs is 1. The summed E-state index contributed by atoms with van der Waals surface area (Å²) in [7, 11) is 1.76. The van der Waals surface area contributed by atoms with Crippen LogP contribution in [0.15, 0.2) is 48.5 Å². The lowest BCUT2D eigenvalue weighted by Crippen LogP contribution is -2.79. The molecule has 3 aliphatic carbocycles. The second-order valence-corrected chi connectivity index (χ2v) is 12.1. The summed E-state index contributed by atoms with van der Waals surface area (Å²) in [5.41, 5.74) is 3.45. The average Bonchev–Trinajstić information content (AvgIpc) is 3.58. The molecule has 1 N–H and O–H groups in total. The van der Waals surface area contributed by atoms with Crippen molar-refractivity contribution in [3.05, 3.63) is 65.2 Å². The number of hydrogen-bond acceptors (Lipinski definition) is 5. The molecule has 5 heteroatoms. The van der Waals surface area contributed by atoms with Gasteiger partial charge in [-0.25, -0.2) is 0 Å². The molecule has 2 aromatic carbocycles. The number of rotatable bonds is 5. The van der Waals surface area contributed by atoms with Gasteiger partial charge in [-0.05, 0) is 66.8 Å². The number of benzene rings is 2. The lowest BCUT2D eigenvalue weighted by atomic mass is 9.45. The van der Waals surface area contributed by atoms with Crippen molar-refractivity contribution in [2.24, 2.45) is 11.8 Å². The fourth-order valence-corrected chi connectivity index (χ4v) is 9.28. The second-order valence-electron chi connectivity index (χ2n) is 12.1. The summed E-state index contributed by atoms with van der Waals surface area (Å²) in [4.78, 5) is 5.30. The van der Waals surface area contributed by atoms with Gasteiger partial charge in [0, 0.05) is 44.2 Å². The molecule has 0 amide bonds. The number of methoxy groups -OCH3 is 1. The lowest BCUT2D eigenvalue weighted by Gasteiger charge is -2.66. The molecule has 6 aliphatic rings. The molecule has 0 aromatic heterocycles. The number of likely N-dealkylation sites (tertiary alicyclic amines) is 2. The minimum Gasteiger partial charge on any atom is -0.497 e. The standard InChI is InChI=1S/C30H36N2O3/c1-34-22-10-9-21-13-26-29-12-11-24-28(25(35-29)17-31(24)15-19-5-3-2-4-6-19)30(29,23(21)14-22)27(33)18-32(26)16-20-7-8-20/h2-6,9-10,14,20,24-28,33H,7-8,11-13,15-18H2,1H3/t24?,25-,26?,27?,28?,29?,30?/m1/s1. The van der Waals surface area contributed by atoms with E-state index in [9.17, 15) is 5.11 Å². The Bertz CT molecular complexity index is 1150. The number of hydrogen-bond donors (Lipinski definition) is 1. The molecule has 184 valence electrons. The highest BCUT2D eigenvalue weighted by atomic mass is 16.5. The van der Waals surface area contributed by atoms with Gasteiger partial charge in [0.25, 0.3) is 0 Å². The van der Waals surface area contributed by atoms with Crippen LogP contribution in [-0.2, 0) is 23.1 Å². The van der Waals surface area contributed by atoms with E-state index < -0.39 is 6.10 Å². The number of nitrogens with zero attached hydrogens (tertiary/aromatic N) is 2. The van der Waals surface area contributed by atoms with Crippen molar-refractivity contribution in [3.63, 3.8) is 0 Å². The van der Waals surface area contributed by atoms with Gasteiger partial charge in [0.2, 0.25) is 0 Å². The Morgan fingerprint density at radius 1 is 1.06 bits per heavy atom. The van der Waals surface area contributed by atoms with Gasteiger partial charge < -0.3 is 14.6 Å². The minimum absolute atomic E-state index is 0.182. The molecule has 8 rings (SSSR count). The number of aliphatic hydroxyl groups is 1. The average molecular weight is 473 g/mol. The van der Waals surface area contributed by atoms with Gasteiger partial charge in [0.1, 0.15) is 5.75 Å². The Labute approximate surface area is 208 Å². The maximum Gasteiger partial charge on any atom is 0.119 e. The smallest absolute Gasteiger partial charge is 0.119 e. The molecule has 4 bridgehead atoms. The third kappa shape index (κ3) is 2.68. The monoisotopic (exact) mass is 472 g/mol. The molecule has 5 fully saturated rings. The molecule has 3 heterocycles. The molecule has 2 saturated carbocycles. The first kappa shape index (κ1) is 21.2. The zero-order valence-electron chi connectivity index (χ0n) is 20.6.